The van der Waals surface area contributed by atoms with Gasteiger partial charge in [0.25, 0.3) is 0 Å². The zero-order valence-corrected chi connectivity index (χ0v) is 13.2. The molecule has 3 aromatic rings. The molecule has 0 radical (unpaired) electrons. The van der Waals surface area contributed by atoms with Crippen molar-refractivity contribution in [2.45, 2.75) is 25.3 Å². The van der Waals surface area contributed by atoms with Gasteiger partial charge in [-0.15, -0.1) is 0 Å². The van der Waals surface area contributed by atoms with Crippen LogP contribution in [0.25, 0.3) is 10.9 Å². The molecular weight excluding hydrogens is 295 g/mol. The second-order valence-corrected chi connectivity index (χ2v) is 6.81. The van der Waals surface area contributed by atoms with E-state index in [1.165, 1.54) is 16.5 Å². The lowest BCUT2D eigenvalue weighted by atomic mass is 9.90. The van der Waals surface area contributed by atoms with Crippen LogP contribution in [0.4, 0.5) is 4.39 Å². The third-order valence-electron chi connectivity index (χ3n) is 4.59. The Bertz CT molecular complexity index is 770. The summed E-state index contributed by atoms with van der Waals surface area (Å²) in [5.41, 5.74) is 3.68. The SMILES string of the molecule is Fc1ccc2c(C3CCNCC3)cn(Cc3ccsc3)c2c1. The highest BCUT2D eigenvalue weighted by molar-refractivity contribution is 7.07. The molecule has 0 aliphatic carbocycles. The molecule has 4 rings (SSSR count). The van der Waals surface area contributed by atoms with Crippen molar-refractivity contribution in [3.8, 4) is 0 Å². The van der Waals surface area contributed by atoms with E-state index in [9.17, 15) is 4.39 Å². The number of nitrogens with one attached hydrogen (secondary N) is 1. The van der Waals surface area contributed by atoms with Crippen LogP contribution < -0.4 is 5.32 Å². The largest absolute Gasteiger partial charge is 0.343 e. The van der Waals surface area contributed by atoms with E-state index in [1.807, 2.05) is 6.07 Å². The second kappa shape index (κ2) is 5.86. The highest BCUT2D eigenvalue weighted by atomic mass is 32.1. The van der Waals surface area contributed by atoms with E-state index in [1.54, 1.807) is 23.5 Å². The Morgan fingerprint density at radius 1 is 1.23 bits per heavy atom. The molecule has 2 aromatic heterocycles. The van der Waals surface area contributed by atoms with Gasteiger partial charge in [0, 0.05) is 18.1 Å². The molecule has 4 heteroatoms. The van der Waals surface area contributed by atoms with E-state index in [-0.39, 0.29) is 5.82 Å². The monoisotopic (exact) mass is 314 g/mol. The van der Waals surface area contributed by atoms with Gasteiger partial charge in [-0.3, -0.25) is 0 Å². The quantitative estimate of drug-likeness (QED) is 0.760. The maximum atomic E-state index is 13.7. The molecule has 3 heterocycles. The Morgan fingerprint density at radius 3 is 2.86 bits per heavy atom. The predicted octanol–water partition coefficient (Wildman–Crippen LogP) is 4.36. The van der Waals surface area contributed by atoms with E-state index in [0.717, 1.165) is 38.0 Å². The fourth-order valence-electron chi connectivity index (χ4n) is 3.46. The van der Waals surface area contributed by atoms with Crippen LogP contribution in [0.15, 0.2) is 41.2 Å². The number of aromatic nitrogens is 1. The number of rotatable bonds is 3. The molecule has 22 heavy (non-hydrogen) atoms. The Hall–Kier alpha value is -1.65. The average molecular weight is 314 g/mol. The lowest BCUT2D eigenvalue weighted by molar-refractivity contribution is 0.461. The van der Waals surface area contributed by atoms with Crippen LogP contribution in [0.5, 0.6) is 0 Å². The molecular formula is C18H19FN2S. The van der Waals surface area contributed by atoms with Crippen molar-refractivity contribution in [3.63, 3.8) is 0 Å². The Balaban J connectivity index is 1.79. The molecule has 2 nitrogen and oxygen atoms in total. The van der Waals surface area contributed by atoms with Crippen LogP contribution in [0.3, 0.4) is 0 Å². The summed E-state index contributed by atoms with van der Waals surface area (Å²) in [5.74, 6) is 0.423. The maximum absolute atomic E-state index is 13.7. The summed E-state index contributed by atoms with van der Waals surface area (Å²) < 4.78 is 15.9. The van der Waals surface area contributed by atoms with E-state index in [4.69, 9.17) is 0 Å². The van der Waals surface area contributed by atoms with Crippen molar-refractivity contribution in [1.82, 2.24) is 9.88 Å². The number of fused-ring (bicyclic) bond motifs is 1. The molecule has 0 atom stereocenters. The number of piperidine rings is 1. The number of nitrogens with zero attached hydrogens (tertiary/aromatic N) is 1. The molecule has 1 aliphatic rings. The van der Waals surface area contributed by atoms with Gasteiger partial charge in [-0.2, -0.15) is 11.3 Å². The van der Waals surface area contributed by atoms with Crippen LogP contribution in [0.2, 0.25) is 0 Å². The minimum absolute atomic E-state index is 0.158. The predicted molar refractivity (Wildman–Crippen MR) is 90.2 cm³/mol. The van der Waals surface area contributed by atoms with Crippen LogP contribution in [-0.4, -0.2) is 17.7 Å². The summed E-state index contributed by atoms with van der Waals surface area (Å²) in [4.78, 5) is 0. The molecule has 0 saturated carbocycles. The van der Waals surface area contributed by atoms with Crippen molar-refractivity contribution in [2.24, 2.45) is 0 Å². The van der Waals surface area contributed by atoms with Crippen molar-refractivity contribution < 1.29 is 4.39 Å². The standard InChI is InChI=1S/C18H19FN2S/c19-15-1-2-16-17(14-3-6-20-7-4-14)11-21(18(16)9-15)10-13-5-8-22-12-13/h1-2,5,8-9,11-12,14,20H,3-4,6-7,10H2. The number of hydrogen-bond donors (Lipinski definition) is 1. The third kappa shape index (κ3) is 2.57. The highest BCUT2D eigenvalue weighted by Gasteiger charge is 2.20. The lowest BCUT2D eigenvalue weighted by Crippen LogP contribution is -2.26. The van der Waals surface area contributed by atoms with E-state index in [0.29, 0.717) is 5.92 Å². The summed E-state index contributed by atoms with van der Waals surface area (Å²) in [6.45, 7) is 2.96. The fraction of sp³-hybridized carbons (Fsp3) is 0.333. The average Bonchev–Trinajstić information content (AvgIpc) is 3.17. The van der Waals surface area contributed by atoms with Gasteiger partial charge in [0.05, 0.1) is 5.52 Å². The smallest absolute Gasteiger partial charge is 0.125 e. The highest BCUT2D eigenvalue weighted by Crippen LogP contribution is 2.33. The summed E-state index contributed by atoms with van der Waals surface area (Å²) in [6.07, 6.45) is 4.57. The zero-order valence-electron chi connectivity index (χ0n) is 12.4. The van der Waals surface area contributed by atoms with Crippen LogP contribution in [0, 0.1) is 5.82 Å². The molecule has 1 N–H and O–H groups in total. The first-order valence-corrected chi connectivity index (χ1v) is 8.75. The first-order valence-electron chi connectivity index (χ1n) is 7.81. The van der Waals surface area contributed by atoms with Crippen LogP contribution in [-0.2, 0) is 6.54 Å². The zero-order chi connectivity index (χ0) is 14.9. The second-order valence-electron chi connectivity index (χ2n) is 6.03. The summed E-state index contributed by atoms with van der Waals surface area (Å²) in [6, 6.07) is 7.35. The normalized spacial score (nSPS) is 16.4. The van der Waals surface area contributed by atoms with Gasteiger partial charge < -0.3 is 9.88 Å². The third-order valence-corrected chi connectivity index (χ3v) is 5.32. The molecule has 0 unspecified atom stereocenters. The molecule has 1 fully saturated rings. The molecule has 0 amide bonds. The number of halogens is 1. The van der Waals surface area contributed by atoms with Gasteiger partial charge in [-0.25, -0.2) is 4.39 Å². The lowest BCUT2D eigenvalue weighted by Gasteiger charge is -2.22. The first-order chi connectivity index (χ1) is 10.8. The first kappa shape index (κ1) is 14.0. The molecule has 0 spiro atoms. The van der Waals surface area contributed by atoms with E-state index in [2.05, 4.69) is 32.9 Å². The van der Waals surface area contributed by atoms with Gasteiger partial charge in [0.2, 0.25) is 0 Å². The van der Waals surface area contributed by atoms with Crippen molar-refractivity contribution >= 4 is 22.2 Å². The maximum Gasteiger partial charge on any atom is 0.125 e. The van der Waals surface area contributed by atoms with Crippen molar-refractivity contribution in [1.29, 1.82) is 0 Å². The van der Waals surface area contributed by atoms with Gasteiger partial charge in [-0.1, -0.05) is 0 Å². The molecule has 0 bridgehead atoms. The van der Waals surface area contributed by atoms with E-state index < -0.39 is 0 Å². The van der Waals surface area contributed by atoms with Crippen LogP contribution in [0.1, 0.15) is 29.9 Å². The van der Waals surface area contributed by atoms with E-state index >= 15 is 0 Å². The molecule has 114 valence electrons. The summed E-state index contributed by atoms with van der Waals surface area (Å²) in [5, 5.41) is 8.89. The van der Waals surface area contributed by atoms with Gasteiger partial charge in [0.1, 0.15) is 5.82 Å². The van der Waals surface area contributed by atoms with Crippen molar-refractivity contribution in [3.05, 3.63) is 58.2 Å². The number of thiophene rings is 1. The molecule has 1 aromatic carbocycles. The Kier molecular flexibility index (Phi) is 3.72. The van der Waals surface area contributed by atoms with Gasteiger partial charge in [0.15, 0.2) is 0 Å². The molecule has 1 saturated heterocycles. The molecule has 1 aliphatic heterocycles. The summed E-state index contributed by atoms with van der Waals surface area (Å²) in [7, 11) is 0. The minimum Gasteiger partial charge on any atom is -0.343 e. The topological polar surface area (TPSA) is 17.0 Å². The summed E-state index contributed by atoms with van der Waals surface area (Å²) >= 11 is 1.71. The fourth-order valence-corrected chi connectivity index (χ4v) is 4.12. The van der Waals surface area contributed by atoms with Crippen LogP contribution >= 0.6 is 11.3 Å². The van der Waals surface area contributed by atoms with Gasteiger partial charge >= 0.3 is 0 Å². The Morgan fingerprint density at radius 2 is 2.09 bits per heavy atom. The van der Waals surface area contributed by atoms with Crippen molar-refractivity contribution in [2.75, 3.05) is 13.1 Å². The number of hydrogen-bond acceptors (Lipinski definition) is 2. The number of benzene rings is 1. The Labute approximate surface area is 133 Å². The minimum atomic E-state index is -0.158. The van der Waals surface area contributed by atoms with Gasteiger partial charge in [-0.05, 0) is 78.0 Å².